The number of esters is 2. The van der Waals surface area contributed by atoms with Gasteiger partial charge in [-0.15, -0.1) is 23.5 Å². The van der Waals surface area contributed by atoms with Crippen LogP contribution in [0.3, 0.4) is 0 Å². The number of hydrogen-bond donors (Lipinski definition) is 0. The molecule has 0 aromatic heterocycles. The van der Waals surface area contributed by atoms with Crippen LogP contribution in [0.1, 0.15) is 24.5 Å². The molecule has 1 atom stereocenters. The first-order chi connectivity index (χ1) is 12.4. The minimum absolute atomic E-state index is 0.192. The van der Waals surface area contributed by atoms with Crippen molar-refractivity contribution in [2.75, 3.05) is 32.8 Å². The third-order valence-electron chi connectivity index (χ3n) is 4.68. The zero-order valence-corrected chi connectivity index (χ0v) is 16.9. The molecule has 0 bridgehead atoms. The molecule has 1 heterocycles. The van der Waals surface area contributed by atoms with Crippen LogP contribution in [-0.2, 0) is 29.6 Å². The van der Waals surface area contributed by atoms with Crippen molar-refractivity contribution in [3.05, 3.63) is 23.3 Å². The standard InChI is InChI=1S/C18H22O6S2/c1-11(19)24-17(16(20)23-4)9-12-13(21-2)5-6-14(22-3)15(12)18(10-17)25-7-8-26-18/h5-6H,7-10H2,1-4H3. The van der Waals surface area contributed by atoms with Gasteiger partial charge < -0.3 is 18.9 Å². The number of methoxy groups -OCH3 is 3. The predicted octanol–water partition coefficient (Wildman–Crippen LogP) is 2.76. The van der Waals surface area contributed by atoms with Gasteiger partial charge in [0.2, 0.25) is 5.60 Å². The number of carbonyl (C=O) groups is 2. The lowest BCUT2D eigenvalue weighted by Gasteiger charge is -2.44. The summed E-state index contributed by atoms with van der Waals surface area (Å²) in [6.07, 6.45) is 0.524. The van der Waals surface area contributed by atoms with Gasteiger partial charge >= 0.3 is 11.9 Å². The van der Waals surface area contributed by atoms with Gasteiger partial charge in [0.05, 0.1) is 25.4 Å². The van der Waals surface area contributed by atoms with Crippen LogP contribution in [0, 0.1) is 0 Å². The lowest BCUT2D eigenvalue weighted by atomic mass is 9.78. The molecule has 3 rings (SSSR count). The monoisotopic (exact) mass is 398 g/mol. The Bertz CT molecular complexity index is 729. The number of benzene rings is 1. The van der Waals surface area contributed by atoms with Gasteiger partial charge in [-0.1, -0.05) is 0 Å². The average molecular weight is 399 g/mol. The van der Waals surface area contributed by atoms with Crippen molar-refractivity contribution in [3.63, 3.8) is 0 Å². The molecule has 6 nitrogen and oxygen atoms in total. The van der Waals surface area contributed by atoms with Crippen molar-refractivity contribution in [1.82, 2.24) is 0 Å². The molecule has 1 unspecified atom stereocenters. The number of thioether (sulfide) groups is 2. The number of carbonyl (C=O) groups excluding carboxylic acids is 2. The molecule has 2 aliphatic rings. The molecule has 1 fully saturated rings. The first kappa shape index (κ1) is 19.2. The van der Waals surface area contributed by atoms with Crippen LogP contribution >= 0.6 is 23.5 Å². The third-order valence-corrected chi connectivity index (χ3v) is 8.09. The van der Waals surface area contributed by atoms with Crippen LogP contribution in [0.4, 0.5) is 0 Å². The zero-order valence-electron chi connectivity index (χ0n) is 15.2. The van der Waals surface area contributed by atoms with Gasteiger partial charge in [0.25, 0.3) is 0 Å². The number of hydrogen-bond acceptors (Lipinski definition) is 8. The largest absolute Gasteiger partial charge is 0.496 e. The zero-order chi connectivity index (χ0) is 18.9. The molecule has 8 heteroatoms. The van der Waals surface area contributed by atoms with Crippen LogP contribution < -0.4 is 9.47 Å². The summed E-state index contributed by atoms with van der Waals surface area (Å²) in [6, 6.07) is 3.70. The van der Waals surface area contributed by atoms with Crippen LogP contribution in [0.15, 0.2) is 12.1 Å². The fourth-order valence-corrected chi connectivity index (χ4v) is 7.36. The fraction of sp³-hybridized carbons (Fsp3) is 0.556. The Morgan fingerprint density at radius 1 is 1.04 bits per heavy atom. The van der Waals surface area contributed by atoms with Gasteiger partial charge in [0.1, 0.15) is 11.5 Å². The Morgan fingerprint density at radius 3 is 2.19 bits per heavy atom. The Hall–Kier alpha value is -1.54. The second-order valence-corrected chi connectivity index (χ2v) is 9.25. The van der Waals surface area contributed by atoms with E-state index in [9.17, 15) is 9.59 Å². The van der Waals surface area contributed by atoms with Crippen molar-refractivity contribution in [1.29, 1.82) is 0 Å². The van der Waals surface area contributed by atoms with E-state index in [1.165, 1.54) is 14.0 Å². The summed E-state index contributed by atoms with van der Waals surface area (Å²) < 4.78 is 21.4. The summed E-state index contributed by atoms with van der Waals surface area (Å²) in [5.74, 6) is 2.21. The van der Waals surface area contributed by atoms with Gasteiger partial charge in [-0.3, -0.25) is 4.79 Å². The summed E-state index contributed by atoms with van der Waals surface area (Å²) in [5, 5.41) is 0. The van der Waals surface area contributed by atoms with Crippen molar-refractivity contribution in [3.8, 4) is 11.5 Å². The van der Waals surface area contributed by atoms with E-state index in [4.69, 9.17) is 18.9 Å². The highest BCUT2D eigenvalue weighted by atomic mass is 32.2. The van der Waals surface area contributed by atoms with E-state index >= 15 is 0 Å². The minimum atomic E-state index is -1.38. The first-order valence-corrected chi connectivity index (χ1v) is 10.2. The van der Waals surface area contributed by atoms with E-state index in [1.807, 2.05) is 12.1 Å². The molecule has 26 heavy (non-hydrogen) atoms. The Labute approximate surface area is 161 Å². The van der Waals surface area contributed by atoms with E-state index in [0.717, 1.165) is 28.4 Å². The van der Waals surface area contributed by atoms with Gasteiger partial charge in [-0.25, -0.2) is 4.79 Å². The normalized spacial score (nSPS) is 23.2. The van der Waals surface area contributed by atoms with Gasteiger partial charge in [0, 0.05) is 42.4 Å². The van der Waals surface area contributed by atoms with Crippen molar-refractivity contribution >= 4 is 35.5 Å². The summed E-state index contributed by atoms with van der Waals surface area (Å²) in [5.41, 5.74) is 0.461. The van der Waals surface area contributed by atoms with Crippen molar-refractivity contribution in [2.24, 2.45) is 0 Å². The molecule has 1 aromatic rings. The average Bonchev–Trinajstić information content (AvgIpc) is 3.07. The van der Waals surface area contributed by atoms with Crippen LogP contribution in [0.5, 0.6) is 11.5 Å². The Morgan fingerprint density at radius 2 is 1.65 bits per heavy atom. The maximum absolute atomic E-state index is 12.7. The Balaban J connectivity index is 2.25. The number of ether oxygens (including phenoxy) is 4. The molecule has 0 amide bonds. The lowest BCUT2D eigenvalue weighted by molar-refractivity contribution is -0.181. The summed E-state index contributed by atoms with van der Waals surface area (Å²) in [4.78, 5) is 24.6. The summed E-state index contributed by atoms with van der Waals surface area (Å²) in [7, 11) is 4.53. The fourth-order valence-electron chi connectivity index (χ4n) is 3.79. The van der Waals surface area contributed by atoms with Crippen LogP contribution in [0.2, 0.25) is 0 Å². The number of fused-ring (bicyclic) bond motifs is 2. The molecule has 1 spiro atoms. The molecule has 0 radical (unpaired) electrons. The maximum atomic E-state index is 12.7. The highest BCUT2D eigenvalue weighted by molar-refractivity contribution is 8.20. The predicted molar refractivity (Wildman–Crippen MR) is 101 cm³/mol. The van der Waals surface area contributed by atoms with Crippen LogP contribution in [0.25, 0.3) is 0 Å². The smallest absolute Gasteiger partial charge is 0.350 e. The molecule has 1 aromatic carbocycles. The second kappa shape index (κ2) is 7.23. The van der Waals surface area contributed by atoms with Crippen molar-refractivity contribution in [2.45, 2.75) is 29.4 Å². The quantitative estimate of drug-likeness (QED) is 0.717. The highest BCUT2D eigenvalue weighted by Gasteiger charge is 2.58. The lowest BCUT2D eigenvalue weighted by Crippen LogP contribution is -2.52. The molecule has 1 saturated heterocycles. The van der Waals surface area contributed by atoms with Gasteiger partial charge in [0.15, 0.2) is 0 Å². The van der Waals surface area contributed by atoms with Gasteiger partial charge in [-0.05, 0) is 12.1 Å². The molecule has 0 saturated carbocycles. The van der Waals surface area contributed by atoms with Crippen molar-refractivity contribution < 1.29 is 28.5 Å². The van der Waals surface area contributed by atoms with Gasteiger partial charge in [-0.2, -0.15) is 0 Å². The molecule has 1 aliphatic carbocycles. The molecular weight excluding hydrogens is 376 g/mol. The SMILES string of the molecule is COC(=O)C1(OC(C)=O)Cc2c(OC)ccc(OC)c2C2(C1)SCCS2. The molecule has 1 aliphatic heterocycles. The maximum Gasteiger partial charge on any atom is 0.350 e. The van der Waals surface area contributed by atoms with E-state index in [2.05, 4.69) is 0 Å². The second-order valence-electron chi connectivity index (χ2n) is 6.21. The number of rotatable bonds is 4. The molecular formula is C18H22O6S2. The van der Waals surface area contributed by atoms with E-state index < -0.39 is 21.6 Å². The minimum Gasteiger partial charge on any atom is -0.496 e. The topological polar surface area (TPSA) is 71.1 Å². The summed E-state index contributed by atoms with van der Waals surface area (Å²) >= 11 is 3.49. The third kappa shape index (κ3) is 3.03. The van der Waals surface area contributed by atoms with E-state index in [-0.39, 0.29) is 6.42 Å². The molecule has 142 valence electrons. The van der Waals surface area contributed by atoms with E-state index in [1.54, 1.807) is 37.7 Å². The van der Waals surface area contributed by atoms with E-state index in [0.29, 0.717) is 12.2 Å². The highest BCUT2D eigenvalue weighted by Crippen LogP contribution is 2.63. The summed E-state index contributed by atoms with van der Waals surface area (Å²) in [6.45, 7) is 1.31. The Kier molecular flexibility index (Phi) is 5.35. The first-order valence-electron chi connectivity index (χ1n) is 8.21. The van der Waals surface area contributed by atoms with Crippen LogP contribution in [-0.4, -0.2) is 50.4 Å². The molecule has 0 N–H and O–H groups in total.